The van der Waals surface area contributed by atoms with Crippen LogP contribution in [-0.4, -0.2) is 15.7 Å². The zero-order chi connectivity index (χ0) is 16.2. The van der Waals surface area contributed by atoms with Crippen molar-refractivity contribution in [2.24, 2.45) is 0 Å². The fraction of sp³-hybridized carbons (Fsp3) is 0.222. The molecule has 0 bridgehead atoms. The number of nitrogens with one attached hydrogen (secondary N) is 1. The highest BCUT2D eigenvalue weighted by atomic mass is 35.5. The maximum atomic E-state index is 12.1. The fourth-order valence-corrected chi connectivity index (χ4v) is 2.67. The van der Waals surface area contributed by atoms with Crippen LogP contribution in [0.1, 0.15) is 18.9 Å². The average molecular weight is 328 g/mol. The Hall–Kier alpha value is -2.33. The van der Waals surface area contributed by atoms with Gasteiger partial charge in [0.2, 0.25) is 5.91 Å². The quantitative estimate of drug-likeness (QED) is 0.760. The van der Waals surface area contributed by atoms with Crippen LogP contribution in [-0.2, 0) is 17.8 Å². The van der Waals surface area contributed by atoms with Crippen molar-refractivity contribution in [3.63, 3.8) is 0 Å². The van der Waals surface area contributed by atoms with E-state index in [4.69, 9.17) is 11.6 Å². The Morgan fingerprint density at radius 3 is 2.74 bits per heavy atom. The molecule has 0 saturated heterocycles. The zero-order valence-corrected chi connectivity index (χ0v) is 13.7. The number of carbonyl (C=O) groups excluding carboxylic acids is 1. The summed E-state index contributed by atoms with van der Waals surface area (Å²) >= 11 is 5.97. The van der Waals surface area contributed by atoms with Crippen LogP contribution < -0.4 is 5.32 Å². The summed E-state index contributed by atoms with van der Waals surface area (Å²) in [6.45, 7) is 2.64. The lowest BCUT2D eigenvalue weighted by Gasteiger charge is -2.07. The van der Waals surface area contributed by atoms with Crippen LogP contribution >= 0.6 is 11.6 Å². The molecule has 3 aromatic rings. The van der Waals surface area contributed by atoms with Gasteiger partial charge in [-0.15, -0.1) is 0 Å². The normalized spacial score (nSPS) is 10.9. The summed E-state index contributed by atoms with van der Waals surface area (Å²) in [5.41, 5.74) is 3.06. The number of hydrogen-bond acceptors (Lipinski definition) is 2. The molecule has 0 unspecified atom stereocenters. The first-order valence-electron chi connectivity index (χ1n) is 7.65. The van der Waals surface area contributed by atoms with Gasteiger partial charge >= 0.3 is 0 Å². The minimum Gasteiger partial charge on any atom is -0.326 e. The summed E-state index contributed by atoms with van der Waals surface area (Å²) in [7, 11) is 0. The first-order chi connectivity index (χ1) is 11.2. The summed E-state index contributed by atoms with van der Waals surface area (Å²) in [5.74, 6) is -0.0214. The Morgan fingerprint density at radius 1 is 1.22 bits per heavy atom. The Kier molecular flexibility index (Phi) is 4.63. The van der Waals surface area contributed by atoms with E-state index in [1.807, 2.05) is 47.1 Å². The van der Waals surface area contributed by atoms with E-state index in [1.165, 1.54) is 5.56 Å². The van der Waals surface area contributed by atoms with Crippen molar-refractivity contribution >= 4 is 34.1 Å². The van der Waals surface area contributed by atoms with E-state index >= 15 is 0 Å². The maximum absolute atomic E-state index is 12.1. The van der Waals surface area contributed by atoms with Crippen LogP contribution in [0.2, 0.25) is 5.02 Å². The molecule has 1 amide bonds. The monoisotopic (exact) mass is 327 g/mol. The van der Waals surface area contributed by atoms with Crippen molar-refractivity contribution in [1.82, 2.24) is 9.78 Å². The van der Waals surface area contributed by atoms with Gasteiger partial charge < -0.3 is 5.32 Å². The summed E-state index contributed by atoms with van der Waals surface area (Å²) < 4.78 is 1.82. The summed E-state index contributed by atoms with van der Waals surface area (Å²) in [6.07, 6.45) is 3.13. The Morgan fingerprint density at radius 2 is 2.00 bits per heavy atom. The molecule has 1 aromatic heterocycles. The lowest BCUT2D eigenvalue weighted by molar-refractivity contribution is -0.116. The highest BCUT2D eigenvalue weighted by molar-refractivity contribution is 6.31. The molecule has 0 aliphatic carbocycles. The molecule has 0 saturated carbocycles. The molecular formula is C18H18ClN3O. The number of nitrogens with zero attached hydrogens (tertiary/aromatic N) is 2. The van der Waals surface area contributed by atoms with Gasteiger partial charge in [-0.05, 0) is 42.3 Å². The van der Waals surface area contributed by atoms with Gasteiger partial charge in [0.05, 0.1) is 18.3 Å². The third-order valence-electron chi connectivity index (χ3n) is 3.80. The minimum atomic E-state index is -0.0214. The molecule has 23 heavy (non-hydrogen) atoms. The van der Waals surface area contributed by atoms with Gasteiger partial charge in [-0.25, -0.2) is 0 Å². The number of anilines is 1. The topological polar surface area (TPSA) is 46.9 Å². The highest BCUT2D eigenvalue weighted by Gasteiger charge is 2.07. The molecule has 0 spiro atoms. The molecule has 0 radical (unpaired) electrons. The number of benzene rings is 2. The van der Waals surface area contributed by atoms with E-state index in [2.05, 4.69) is 17.3 Å². The highest BCUT2D eigenvalue weighted by Crippen LogP contribution is 2.19. The van der Waals surface area contributed by atoms with Crippen molar-refractivity contribution < 1.29 is 4.79 Å². The SMILES string of the molecule is CCc1ccc(NC(=O)CCn2ncc3cc(Cl)ccc32)cc1. The molecule has 118 valence electrons. The molecule has 1 N–H and O–H groups in total. The summed E-state index contributed by atoms with van der Waals surface area (Å²) in [6, 6.07) is 13.5. The molecule has 4 nitrogen and oxygen atoms in total. The van der Waals surface area contributed by atoms with Gasteiger partial charge in [0.1, 0.15) is 0 Å². The molecule has 0 aliphatic rings. The first-order valence-corrected chi connectivity index (χ1v) is 8.03. The molecular weight excluding hydrogens is 310 g/mol. The Bertz CT molecular complexity index is 824. The second-order valence-corrected chi connectivity index (χ2v) is 5.86. The maximum Gasteiger partial charge on any atom is 0.226 e. The van der Waals surface area contributed by atoms with E-state index in [1.54, 1.807) is 6.20 Å². The Labute approximate surface area is 140 Å². The number of fused-ring (bicyclic) bond motifs is 1. The standard InChI is InChI=1S/C18H18ClN3O/c1-2-13-3-6-16(7-4-13)21-18(23)9-10-22-17-8-5-15(19)11-14(17)12-20-22/h3-8,11-12H,2,9-10H2,1H3,(H,21,23). The van der Waals surface area contributed by atoms with Crippen LogP contribution in [0.4, 0.5) is 5.69 Å². The number of aryl methyl sites for hydroxylation is 2. The van der Waals surface area contributed by atoms with Crippen LogP contribution in [0.25, 0.3) is 10.9 Å². The van der Waals surface area contributed by atoms with Crippen molar-refractivity contribution in [3.05, 3.63) is 59.2 Å². The number of carbonyl (C=O) groups is 1. The number of rotatable bonds is 5. The lowest BCUT2D eigenvalue weighted by atomic mass is 10.1. The van der Waals surface area contributed by atoms with Crippen LogP contribution in [0, 0.1) is 0 Å². The molecule has 0 aliphatic heterocycles. The summed E-state index contributed by atoms with van der Waals surface area (Å²) in [4.78, 5) is 12.1. The smallest absolute Gasteiger partial charge is 0.226 e. The van der Waals surface area contributed by atoms with Gasteiger partial charge in [-0.1, -0.05) is 30.7 Å². The van der Waals surface area contributed by atoms with Gasteiger partial charge in [0.25, 0.3) is 0 Å². The van der Waals surface area contributed by atoms with Gasteiger partial charge in [0.15, 0.2) is 0 Å². The van der Waals surface area contributed by atoms with Crippen LogP contribution in [0.3, 0.4) is 0 Å². The first kappa shape index (κ1) is 15.6. The van der Waals surface area contributed by atoms with Crippen molar-refractivity contribution in [2.75, 3.05) is 5.32 Å². The molecule has 0 fully saturated rings. The second kappa shape index (κ2) is 6.84. The van der Waals surface area contributed by atoms with E-state index < -0.39 is 0 Å². The van der Waals surface area contributed by atoms with Gasteiger partial charge in [-0.2, -0.15) is 5.10 Å². The molecule has 3 rings (SSSR count). The molecule has 1 heterocycles. The lowest BCUT2D eigenvalue weighted by Crippen LogP contribution is -2.15. The summed E-state index contributed by atoms with van der Waals surface area (Å²) in [5, 5.41) is 8.89. The predicted molar refractivity (Wildman–Crippen MR) is 93.8 cm³/mol. The third kappa shape index (κ3) is 3.71. The molecule has 2 aromatic carbocycles. The second-order valence-electron chi connectivity index (χ2n) is 5.42. The van der Waals surface area contributed by atoms with Crippen LogP contribution in [0.5, 0.6) is 0 Å². The van der Waals surface area contributed by atoms with Crippen molar-refractivity contribution in [2.45, 2.75) is 26.3 Å². The van der Waals surface area contributed by atoms with E-state index in [0.717, 1.165) is 23.0 Å². The average Bonchev–Trinajstić information content (AvgIpc) is 2.95. The van der Waals surface area contributed by atoms with Crippen LogP contribution in [0.15, 0.2) is 48.7 Å². The third-order valence-corrected chi connectivity index (χ3v) is 4.04. The number of halogens is 1. The number of amides is 1. The van der Waals surface area contributed by atoms with Gasteiger partial charge in [-0.3, -0.25) is 9.48 Å². The zero-order valence-electron chi connectivity index (χ0n) is 12.9. The largest absolute Gasteiger partial charge is 0.326 e. The fourth-order valence-electron chi connectivity index (χ4n) is 2.49. The number of aromatic nitrogens is 2. The Balaban J connectivity index is 1.61. The van der Waals surface area contributed by atoms with E-state index in [-0.39, 0.29) is 5.91 Å². The van der Waals surface area contributed by atoms with E-state index in [0.29, 0.717) is 18.0 Å². The van der Waals surface area contributed by atoms with E-state index in [9.17, 15) is 4.79 Å². The number of hydrogen-bond donors (Lipinski definition) is 1. The molecule has 0 atom stereocenters. The van der Waals surface area contributed by atoms with Crippen molar-refractivity contribution in [1.29, 1.82) is 0 Å². The minimum absolute atomic E-state index is 0.0214. The van der Waals surface area contributed by atoms with Crippen molar-refractivity contribution in [3.8, 4) is 0 Å². The molecule has 5 heteroatoms. The predicted octanol–water partition coefficient (Wildman–Crippen LogP) is 4.28. The van der Waals surface area contributed by atoms with Gasteiger partial charge in [0, 0.05) is 22.5 Å².